The molecule has 0 heterocycles. The van der Waals surface area contributed by atoms with E-state index in [4.69, 9.17) is 0 Å². The zero-order chi connectivity index (χ0) is 7.28. The molecular weight excluding hydrogens is 151 g/mol. The molecule has 0 radical (unpaired) electrons. The molecule has 0 aromatic heterocycles. The van der Waals surface area contributed by atoms with E-state index in [0.717, 1.165) is 0 Å². The smallest absolute Gasteiger partial charge is 0.550 e. The van der Waals surface area contributed by atoms with Crippen LogP contribution in [0.3, 0.4) is 0 Å². The number of carboxylic acid groups (broad SMARTS) is 1. The van der Waals surface area contributed by atoms with E-state index in [-0.39, 0.29) is 36.0 Å². The largest absolute Gasteiger partial charge is 1.00 e. The van der Waals surface area contributed by atoms with Crippen molar-refractivity contribution < 1.29 is 53.8 Å². The van der Waals surface area contributed by atoms with E-state index >= 15 is 0 Å². The second-order valence-electron chi connectivity index (χ2n) is 1.13. The van der Waals surface area contributed by atoms with Crippen molar-refractivity contribution in [3.63, 3.8) is 0 Å². The molecule has 6 heteroatoms. The average molecular weight is 154 g/mol. The van der Waals surface area contributed by atoms with Gasteiger partial charge in [-0.1, -0.05) is 0 Å². The Hall–Kier alpha value is -0.390. The predicted octanol–water partition coefficient (Wildman–Crippen LogP) is -5.17. The minimum atomic E-state index is -1.57. The third-order valence-electron chi connectivity index (χ3n) is 0.468. The quantitative estimate of drug-likeness (QED) is 0.175. The molecule has 0 spiro atoms. The van der Waals surface area contributed by atoms with Gasteiger partial charge in [0.25, 0.3) is 0 Å². The molecule has 0 atom stereocenters. The molecule has 10 heavy (non-hydrogen) atoms. The van der Waals surface area contributed by atoms with Gasteiger partial charge in [-0.2, -0.15) is 0 Å². The van der Waals surface area contributed by atoms with E-state index in [1.165, 1.54) is 0 Å². The topological polar surface area (TPSA) is 83.5 Å². The number of esters is 1. The number of aliphatic carboxylic acids is 1. The summed E-state index contributed by atoms with van der Waals surface area (Å²) in [7, 11) is 0. The van der Waals surface area contributed by atoms with Gasteiger partial charge in [-0.25, -0.2) is 0 Å². The Morgan fingerprint density at radius 2 is 2.00 bits per heavy atom. The second kappa shape index (κ2) is 6.73. The van der Waals surface area contributed by atoms with Gasteiger partial charge in [0, 0.05) is 0 Å². The fourth-order valence-electron chi connectivity index (χ4n) is 0.213. The van der Waals surface area contributed by atoms with Crippen LogP contribution in [0.4, 0.5) is 0 Å². The van der Waals surface area contributed by atoms with E-state index in [2.05, 4.69) is 4.74 Å². The zero-order valence-corrected chi connectivity index (χ0v) is 7.33. The molecule has 0 bridgehead atoms. The van der Waals surface area contributed by atoms with E-state index in [1.807, 2.05) is 0 Å². The number of ether oxygens (including phenoxy) is 1. The summed E-state index contributed by atoms with van der Waals surface area (Å²) in [6.45, 7) is -0.134. The summed E-state index contributed by atoms with van der Waals surface area (Å²) in [4.78, 5) is 28.9. The molecule has 5 nitrogen and oxygen atoms in total. The van der Waals surface area contributed by atoms with Crippen LogP contribution in [-0.2, 0) is 19.1 Å². The number of hydrogen-bond donors (Lipinski definition) is 0. The summed E-state index contributed by atoms with van der Waals surface area (Å²) < 4.78 is 3.61. The van der Waals surface area contributed by atoms with Crippen molar-refractivity contribution in [1.29, 1.82) is 0 Å². The molecule has 0 rings (SSSR count). The molecular formula is C4H3NaO5. The maximum absolute atomic E-state index is 9.98. The van der Waals surface area contributed by atoms with E-state index in [0.29, 0.717) is 0 Å². The molecule has 50 valence electrons. The van der Waals surface area contributed by atoms with Crippen molar-refractivity contribution in [3.05, 3.63) is 0 Å². The number of carbonyl (C=O) groups excluding carboxylic acids is 3. The van der Waals surface area contributed by atoms with Crippen LogP contribution in [0.25, 0.3) is 0 Å². The van der Waals surface area contributed by atoms with Crippen LogP contribution in [0, 0.1) is 0 Å². The molecule has 0 aliphatic heterocycles. The van der Waals surface area contributed by atoms with Crippen LogP contribution in [0.2, 0.25) is 0 Å². The van der Waals surface area contributed by atoms with E-state index < -0.39 is 18.4 Å². The SMILES string of the molecule is O=COC(=O)CC(=O)[O-].[Na+]. The fourth-order valence-corrected chi connectivity index (χ4v) is 0.213. The van der Waals surface area contributed by atoms with Gasteiger partial charge in [0.1, 0.15) is 0 Å². The summed E-state index contributed by atoms with van der Waals surface area (Å²) in [5.74, 6) is -2.69. The summed E-state index contributed by atoms with van der Waals surface area (Å²) in [6.07, 6.45) is -0.890. The third kappa shape index (κ3) is 7.61. The van der Waals surface area contributed by atoms with Gasteiger partial charge in [-0.3, -0.25) is 9.59 Å². The first-order valence-corrected chi connectivity index (χ1v) is 2.00. The third-order valence-corrected chi connectivity index (χ3v) is 0.468. The molecule has 0 amide bonds. The first-order chi connectivity index (χ1) is 4.16. The van der Waals surface area contributed by atoms with Gasteiger partial charge in [-0.05, 0) is 0 Å². The van der Waals surface area contributed by atoms with Gasteiger partial charge in [0.2, 0.25) is 0 Å². The molecule has 0 fully saturated rings. The summed E-state index contributed by atoms with van der Waals surface area (Å²) in [6, 6.07) is 0. The second-order valence-corrected chi connectivity index (χ2v) is 1.13. The Bertz CT molecular complexity index is 143. The molecule has 0 aliphatic carbocycles. The van der Waals surface area contributed by atoms with Crippen molar-refractivity contribution in [3.8, 4) is 0 Å². The maximum Gasteiger partial charge on any atom is 1.00 e. The average Bonchev–Trinajstić information content (AvgIpc) is 1.63. The van der Waals surface area contributed by atoms with Gasteiger partial charge < -0.3 is 14.6 Å². The molecule has 0 saturated heterocycles. The number of carbonyl (C=O) groups is 3. The standard InChI is InChI=1S/C4H4O5.Na/c5-2-9-4(8)1-3(6)7;/h2H,1H2,(H,6,7);/q;+1/p-1. The molecule has 0 N–H and O–H groups in total. The zero-order valence-electron chi connectivity index (χ0n) is 5.33. The Morgan fingerprint density at radius 1 is 1.50 bits per heavy atom. The van der Waals surface area contributed by atoms with Crippen molar-refractivity contribution in [2.24, 2.45) is 0 Å². The first kappa shape index (κ1) is 12.3. The van der Waals surface area contributed by atoms with Gasteiger partial charge in [0.05, 0.1) is 12.4 Å². The molecule has 0 aliphatic rings. The molecule has 0 aromatic rings. The van der Waals surface area contributed by atoms with Gasteiger partial charge in [-0.15, -0.1) is 0 Å². The van der Waals surface area contributed by atoms with Crippen molar-refractivity contribution >= 4 is 18.4 Å². The van der Waals surface area contributed by atoms with Crippen molar-refractivity contribution in [2.45, 2.75) is 6.42 Å². The Labute approximate surface area is 78.6 Å². The van der Waals surface area contributed by atoms with Crippen LogP contribution >= 0.6 is 0 Å². The van der Waals surface area contributed by atoms with Crippen molar-refractivity contribution in [2.75, 3.05) is 0 Å². The summed E-state index contributed by atoms with van der Waals surface area (Å²) in [5, 5.41) is 9.56. The Kier molecular flexibility index (Phi) is 8.27. The molecule has 0 unspecified atom stereocenters. The van der Waals surface area contributed by atoms with Gasteiger partial charge >= 0.3 is 42.0 Å². The Balaban J connectivity index is 0. The number of rotatable bonds is 3. The van der Waals surface area contributed by atoms with E-state index in [9.17, 15) is 19.5 Å². The number of carboxylic acids is 1. The van der Waals surface area contributed by atoms with Crippen LogP contribution in [0.1, 0.15) is 6.42 Å². The minimum absolute atomic E-state index is 0. The first-order valence-electron chi connectivity index (χ1n) is 2.00. The summed E-state index contributed by atoms with van der Waals surface area (Å²) >= 11 is 0. The molecule has 0 saturated carbocycles. The van der Waals surface area contributed by atoms with E-state index in [1.54, 1.807) is 0 Å². The Morgan fingerprint density at radius 3 is 2.30 bits per heavy atom. The van der Waals surface area contributed by atoms with Crippen LogP contribution in [0.15, 0.2) is 0 Å². The fraction of sp³-hybridized carbons (Fsp3) is 0.250. The number of hydrogen-bond acceptors (Lipinski definition) is 5. The normalized spacial score (nSPS) is 7.20. The van der Waals surface area contributed by atoms with Crippen LogP contribution in [0.5, 0.6) is 0 Å². The molecule has 0 aromatic carbocycles. The van der Waals surface area contributed by atoms with Crippen molar-refractivity contribution in [1.82, 2.24) is 0 Å². The monoisotopic (exact) mass is 154 g/mol. The van der Waals surface area contributed by atoms with Crippen LogP contribution < -0.4 is 34.7 Å². The van der Waals surface area contributed by atoms with Gasteiger partial charge in [0.15, 0.2) is 0 Å². The maximum atomic E-state index is 9.98. The van der Waals surface area contributed by atoms with Crippen LogP contribution in [-0.4, -0.2) is 18.4 Å². The predicted molar refractivity (Wildman–Crippen MR) is 21.8 cm³/mol. The summed E-state index contributed by atoms with van der Waals surface area (Å²) in [5.41, 5.74) is 0. The minimum Gasteiger partial charge on any atom is -0.550 e.